The van der Waals surface area contributed by atoms with Crippen LogP contribution in [-0.2, 0) is 13.1 Å². The molecule has 0 radical (unpaired) electrons. The van der Waals surface area contributed by atoms with E-state index in [-0.39, 0.29) is 5.54 Å². The summed E-state index contributed by atoms with van der Waals surface area (Å²) < 4.78 is 2.08. The smallest absolute Gasteiger partial charge is 0.0597 e. The standard InChI is InChI=1S/C13H24N4/c1-5-17-12(6-11(4)15-17)7-16-8-13(14,9-16)10(2)3/h6,10H,5,7-9,14H2,1-4H3. The number of aromatic nitrogens is 2. The van der Waals surface area contributed by atoms with Crippen LogP contribution in [0.3, 0.4) is 0 Å². The van der Waals surface area contributed by atoms with Crippen molar-refractivity contribution >= 4 is 0 Å². The Labute approximate surface area is 104 Å². The van der Waals surface area contributed by atoms with Crippen LogP contribution in [0.5, 0.6) is 0 Å². The van der Waals surface area contributed by atoms with Crippen LogP contribution in [0.15, 0.2) is 6.07 Å². The van der Waals surface area contributed by atoms with Gasteiger partial charge in [0.05, 0.1) is 11.4 Å². The molecule has 1 saturated heterocycles. The van der Waals surface area contributed by atoms with E-state index in [2.05, 4.69) is 41.5 Å². The van der Waals surface area contributed by atoms with Crippen molar-refractivity contribution in [2.45, 2.75) is 46.3 Å². The van der Waals surface area contributed by atoms with Gasteiger partial charge in [0.2, 0.25) is 0 Å². The molecule has 0 aromatic carbocycles. The van der Waals surface area contributed by atoms with Crippen LogP contribution < -0.4 is 5.73 Å². The van der Waals surface area contributed by atoms with E-state index in [0.29, 0.717) is 5.92 Å². The van der Waals surface area contributed by atoms with Gasteiger partial charge in [0.1, 0.15) is 0 Å². The number of likely N-dealkylation sites (tertiary alicyclic amines) is 1. The molecular formula is C13H24N4. The van der Waals surface area contributed by atoms with Crippen molar-refractivity contribution in [1.82, 2.24) is 14.7 Å². The lowest BCUT2D eigenvalue weighted by molar-refractivity contribution is 0.0293. The number of hydrogen-bond acceptors (Lipinski definition) is 3. The average molecular weight is 236 g/mol. The maximum Gasteiger partial charge on any atom is 0.0597 e. The normalized spacial score (nSPS) is 19.6. The lowest BCUT2D eigenvalue weighted by atomic mass is 9.80. The molecule has 0 saturated carbocycles. The molecule has 1 aromatic heterocycles. The van der Waals surface area contributed by atoms with Crippen LogP contribution in [0.25, 0.3) is 0 Å². The van der Waals surface area contributed by atoms with E-state index in [1.54, 1.807) is 0 Å². The highest BCUT2D eigenvalue weighted by Crippen LogP contribution is 2.27. The first-order valence-corrected chi connectivity index (χ1v) is 6.49. The highest BCUT2D eigenvalue weighted by Gasteiger charge is 2.41. The van der Waals surface area contributed by atoms with E-state index >= 15 is 0 Å². The Morgan fingerprint density at radius 1 is 1.47 bits per heavy atom. The van der Waals surface area contributed by atoms with E-state index < -0.39 is 0 Å². The predicted octanol–water partition coefficient (Wildman–Crippen LogP) is 1.38. The Morgan fingerprint density at radius 2 is 2.12 bits per heavy atom. The molecule has 1 aliphatic heterocycles. The van der Waals surface area contributed by atoms with E-state index in [0.717, 1.165) is 31.9 Å². The number of nitrogens with zero attached hydrogens (tertiary/aromatic N) is 3. The summed E-state index contributed by atoms with van der Waals surface area (Å²) in [4.78, 5) is 2.41. The minimum atomic E-state index is 0.0200. The van der Waals surface area contributed by atoms with Crippen molar-refractivity contribution in [3.05, 3.63) is 17.5 Å². The zero-order valence-electron chi connectivity index (χ0n) is 11.4. The van der Waals surface area contributed by atoms with Crippen LogP contribution in [0.1, 0.15) is 32.2 Å². The van der Waals surface area contributed by atoms with Crippen molar-refractivity contribution < 1.29 is 0 Å². The third-order valence-electron chi connectivity index (χ3n) is 3.86. The zero-order chi connectivity index (χ0) is 12.6. The van der Waals surface area contributed by atoms with Crippen molar-refractivity contribution in [2.24, 2.45) is 11.7 Å². The Kier molecular flexibility index (Phi) is 3.27. The summed E-state index contributed by atoms with van der Waals surface area (Å²) >= 11 is 0. The molecule has 0 spiro atoms. The average Bonchev–Trinajstić information content (AvgIpc) is 2.56. The lowest BCUT2D eigenvalue weighted by Gasteiger charge is -2.50. The molecule has 96 valence electrons. The van der Waals surface area contributed by atoms with Crippen LogP contribution >= 0.6 is 0 Å². The first kappa shape index (κ1) is 12.6. The molecule has 0 unspecified atom stereocenters. The number of aryl methyl sites for hydroxylation is 2. The molecule has 1 aromatic rings. The second-order valence-electron chi connectivity index (χ2n) is 5.63. The van der Waals surface area contributed by atoms with E-state index in [4.69, 9.17) is 5.73 Å². The molecule has 0 aliphatic carbocycles. The minimum absolute atomic E-state index is 0.0200. The van der Waals surface area contributed by atoms with Gasteiger partial charge in [0, 0.05) is 31.7 Å². The van der Waals surface area contributed by atoms with Crippen LogP contribution in [-0.4, -0.2) is 33.3 Å². The van der Waals surface area contributed by atoms with E-state index in [1.807, 2.05) is 6.92 Å². The van der Waals surface area contributed by atoms with Crippen molar-refractivity contribution in [3.8, 4) is 0 Å². The molecule has 1 fully saturated rings. The van der Waals surface area contributed by atoms with Gasteiger partial charge in [0.25, 0.3) is 0 Å². The third-order valence-corrected chi connectivity index (χ3v) is 3.86. The zero-order valence-corrected chi connectivity index (χ0v) is 11.4. The van der Waals surface area contributed by atoms with Crippen LogP contribution in [0.2, 0.25) is 0 Å². The lowest BCUT2D eigenvalue weighted by Crippen LogP contribution is -2.69. The topological polar surface area (TPSA) is 47.1 Å². The van der Waals surface area contributed by atoms with Gasteiger partial charge in [-0.15, -0.1) is 0 Å². The summed E-state index contributed by atoms with van der Waals surface area (Å²) in [7, 11) is 0. The van der Waals surface area contributed by atoms with Crippen molar-refractivity contribution in [3.63, 3.8) is 0 Å². The number of rotatable bonds is 4. The predicted molar refractivity (Wildman–Crippen MR) is 69.7 cm³/mol. The SMILES string of the molecule is CCn1nc(C)cc1CN1CC(N)(C(C)C)C1. The van der Waals surface area contributed by atoms with Gasteiger partial charge in [-0.1, -0.05) is 13.8 Å². The molecule has 2 N–H and O–H groups in total. The van der Waals surface area contributed by atoms with Gasteiger partial charge in [0.15, 0.2) is 0 Å². The minimum Gasteiger partial charge on any atom is -0.323 e. The number of hydrogen-bond donors (Lipinski definition) is 1. The van der Waals surface area contributed by atoms with Crippen molar-refractivity contribution in [2.75, 3.05) is 13.1 Å². The molecule has 4 heteroatoms. The monoisotopic (exact) mass is 236 g/mol. The fourth-order valence-electron chi connectivity index (χ4n) is 2.49. The molecule has 0 amide bonds. The van der Waals surface area contributed by atoms with Gasteiger partial charge in [-0.05, 0) is 25.8 Å². The van der Waals surface area contributed by atoms with E-state index in [1.165, 1.54) is 5.69 Å². The molecule has 0 atom stereocenters. The molecule has 17 heavy (non-hydrogen) atoms. The van der Waals surface area contributed by atoms with Gasteiger partial charge in [-0.2, -0.15) is 5.10 Å². The number of nitrogens with two attached hydrogens (primary N) is 1. The van der Waals surface area contributed by atoms with Crippen LogP contribution in [0, 0.1) is 12.8 Å². The highest BCUT2D eigenvalue weighted by atomic mass is 15.3. The summed E-state index contributed by atoms with van der Waals surface area (Å²) in [6.45, 7) is 12.5. The van der Waals surface area contributed by atoms with E-state index in [9.17, 15) is 0 Å². The largest absolute Gasteiger partial charge is 0.323 e. The Hall–Kier alpha value is -0.870. The molecule has 2 heterocycles. The summed E-state index contributed by atoms with van der Waals surface area (Å²) in [5.41, 5.74) is 8.73. The molecule has 2 rings (SSSR count). The van der Waals surface area contributed by atoms with Gasteiger partial charge < -0.3 is 5.73 Å². The second-order valence-corrected chi connectivity index (χ2v) is 5.63. The quantitative estimate of drug-likeness (QED) is 0.859. The maximum atomic E-state index is 6.30. The molecule has 0 bridgehead atoms. The fourth-order valence-corrected chi connectivity index (χ4v) is 2.49. The summed E-state index contributed by atoms with van der Waals surface area (Å²) in [6.07, 6.45) is 0. The Morgan fingerprint density at radius 3 is 2.65 bits per heavy atom. The maximum absolute atomic E-state index is 6.30. The van der Waals surface area contributed by atoms with Gasteiger partial charge in [-0.3, -0.25) is 9.58 Å². The Bertz CT molecular complexity index is 388. The summed E-state index contributed by atoms with van der Waals surface area (Å²) in [5.74, 6) is 0.552. The van der Waals surface area contributed by atoms with Crippen LogP contribution in [0.4, 0.5) is 0 Å². The molecule has 1 aliphatic rings. The molecule has 4 nitrogen and oxygen atoms in total. The Balaban J connectivity index is 1.96. The first-order valence-electron chi connectivity index (χ1n) is 6.49. The van der Waals surface area contributed by atoms with Gasteiger partial charge >= 0.3 is 0 Å². The first-order chi connectivity index (χ1) is 7.94. The summed E-state index contributed by atoms with van der Waals surface area (Å²) in [5, 5.41) is 4.47. The summed E-state index contributed by atoms with van der Waals surface area (Å²) in [6, 6.07) is 2.18. The fraction of sp³-hybridized carbons (Fsp3) is 0.769. The van der Waals surface area contributed by atoms with Crippen molar-refractivity contribution in [1.29, 1.82) is 0 Å². The van der Waals surface area contributed by atoms with Gasteiger partial charge in [-0.25, -0.2) is 0 Å². The second kappa shape index (κ2) is 4.42. The highest BCUT2D eigenvalue weighted by molar-refractivity contribution is 5.11. The molecular weight excluding hydrogens is 212 g/mol. The third kappa shape index (κ3) is 2.38.